The Hall–Kier alpha value is -1.77. The summed E-state index contributed by atoms with van der Waals surface area (Å²) in [4.78, 5) is 11.0. The van der Waals surface area contributed by atoms with E-state index in [1.54, 1.807) is 0 Å². The molecule has 0 unspecified atom stereocenters. The van der Waals surface area contributed by atoms with Crippen molar-refractivity contribution in [3.05, 3.63) is 35.0 Å². The van der Waals surface area contributed by atoms with Gasteiger partial charge in [0.05, 0.1) is 6.42 Å². The number of fused-ring (bicyclic) bond motifs is 1. The van der Waals surface area contributed by atoms with Gasteiger partial charge in [-0.1, -0.05) is 6.07 Å². The Morgan fingerprint density at radius 3 is 2.69 bits per heavy atom. The zero-order valence-corrected chi connectivity index (χ0v) is 9.87. The van der Waals surface area contributed by atoms with Crippen molar-refractivity contribution in [1.82, 2.24) is 4.57 Å². The lowest BCUT2D eigenvalue weighted by Crippen LogP contribution is -2.13. The Morgan fingerprint density at radius 2 is 2.06 bits per heavy atom. The molecule has 0 spiro atoms. The second kappa shape index (κ2) is 3.67. The van der Waals surface area contributed by atoms with Crippen LogP contribution in [-0.4, -0.2) is 10.5 Å². The van der Waals surface area contributed by atoms with Gasteiger partial charge in [0.15, 0.2) is 0 Å². The fraction of sp³-hybridized carbons (Fsp3) is 0.308. The van der Waals surface area contributed by atoms with Crippen LogP contribution in [0.1, 0.15) is 16.7 Å². The van der Waals surface area contributed by atoms with Gasteiger partial charge in [-0.25, -0.2) is 0 Å². The van der Waals surface area contributed by atoms with E-state index in [2.05, 4.69) is 26.0 Å². The second-order valence-corrected chi connectivity index (χ2v) is 4.38. The fourth-order valence-electron chi connectivity index (χ4n) is 2.33. The molecule has 0 fully saturated rings. The van der Waals surface area contributed by atoms with E-state index in [1.165, 1.54) is 11.1 Å². The summed E-state index contributed by atoms with van der Waals surface area (Å²) in [5, 5.41) is 1.16. The number of aryl methyl sites for hydroxylation is 3. The highest BCUT2D eigenvalue weighted by atomic mass is 16.1. The summed E-state index contributed by atoms with van der Waals surface area (Å²) in [6.45, 7) is 4.15. The Balaban J connectivity index is 2.73. The van der Waals surface area contributed by atoms with E-state index in [0.717, 1.165) is 16.5 Å². The third kappa shape index (κ3) is 1.69. The molecule has 0 aliphatic rings. The molecule has 0 saturated carbocycles. The van der Waals surface area contributed by atoms with E-state index in [-0.39, 0.29) is 5.91 Å². The predicted molar refractivity (Wildman–Crippen MR) is 65.3 cm³/mol. The molecule has 3 nitrogen and oxygen atoms in total. The molecule has 0 saturated heterocycles. The van der Waals surface area contributed by atoms with Gasteiger partial charge in [0.25, 0.3) is 0 Å². The minimum absolute atomic E-state index is 0.285. The lowest BCUT2D eigenvalue weighted by atomic mass is 10.0. The first-order valence-electron chi connectivity index (χ1n) is 5.32. The van der Waals surface area contributed by atoms with E-state index in [9.17, 15) is 4.79 Å². The standard InChI is InChI=1S/C13H16N2O/c1-8-4-9(2)13-10(6-12(14)16)7-15(3)11(13)5-8/h4-5,7H,6H2,1-3H3,(H2,14,16). The number of carbonyl (C=O) groups is 1. The first-order chi connectivity index (χ1) is 7.49. The van der Waals surface area contributed by atoms with Gasteiger partial charge in [0, 0.05) is 24.1 Å². The molecule has 3 heteroatoms. The molecule has 1 aromatic heterocycles. The molecule has 0 aliphatic carbocycles. The van der Waals surface area contributed by atoms with Crippen LogP contribution >= 0.6 is 0 Å². The minimum atomic E-state index is -0.285. The van der Waals surface area contributed by atoms with Crippen LogP contribution in [0.2, 0.25) is 0 Å². The van der Waals surface area contributed by atoms with E-state index < -0.39 is 0 Å². The number of rotatable bonds is 2. The van der Waals surface area contributed by atoms with E-state index in [0.29, 0.717) is 6.42 Å². The maximum Gasteiger partial charge on any atom is 0.221 e. The lowest BCUT2D eigenvalue weighted by Gasteiger charge is -2.03. The molecule has 0 radical (unpaired) electrons. The van der Waals surface area contributed by atoms with Gasteiger partial charge in [0.1, 0.15) is 0 Å². The molecule has 0 atom stereocenters. The Morgan fingerprint density at radius 1 is 1.38 bits per heavy atom. The molecule has 1 heterocycles. The van der Waals surface area contributed by atoms with Gasteiger partial charge in [-0.3, -0.25) is 4.79 Å². The number of nitrogens with two attached hydrogens (primary N) is 1. The zero-order valence-electron chi connectivity index (χ0n) is 9.87. The number of carbonyl (C=O) groups excluding carboxylic acids is 1. The van der Waals surface area contributed by atoms with Crippen molar-refractivity contribution >= 4 is 16.8 Å². The fourth-order valence-corrected chi connectivity index (χ4v) is 2.33. The number of benzene rings is 1. The molecule has 1 aromatic carbocycles. The predicted octanol–water partition coefficient (Wildman–Crippen LogP) is 1.82. The van der Waals surface area contributed by atoms with Crippen LogP contribution in [0.5, 0.6) is 0 Å². The van der Waals surface area contributed by atoms with E-state index in [1.807, 2.05) is 17.8 Å². The number of primary amides is 1. The van der Waals surface area contributed by atoms with Crippen molar-refractivity contribution in [2.24, 2.45) is 12.8 Å². The van der Waals surface area contributed by atoms with Crippen LogP contribution in [0, 0.1) is 13.8 Å². The summed E-state index contributed by atoms with van der Waals surface area (Å²) in [6, 6.07) is 4.26. The molecule has 0 bridgehead atoms. The van der Waals surface area contributed by atoms with Crippen molar-refractivity contribution in [3.63, 3.8) is 0 Å². The van der Waals surface area contributed by atoms with Crippen LogP contribution in [-0.2, 0) is 18.3 Å². The lowest BCUT2D eigenvalue weighted by molar-refractivity contribution is -0.117. The van der Waals surface area contributed by atoms with Gasteiger partial charge in [0.2, 0.25) is 5.91 Å². The number of nitrogens with zero attached hydrogens (tertiary/aromatic N) is 1. The number of hydrogen-bond donors (Lipinski definition) is 1. The maximum atomic E-state index is 11.0. The van der Waals surface area contributed by atoms with Crippen LogP contribution in [0.3, 0.4) is 0 Å². The molecular weight excluding hydrogens is 200 g/mol. The molecule has 16 heavy (non-hydrogen) atoms. The third-order valence-electron chi connectivity index (χ3n) is 2.87. The normalized spacial score (nSPS) is 10.9. The van der Waals surface area contributed by atoms with Crippen molar-refractivity contribution in [1.29, 1.82) is 0 Å². The smallest absolute Gasteiger partial charge is 0.221 e. The topological polar surface area (TPSA) is 48.0 Å². The summed E-state index contributed by atoms with van der Waals surface area (Å²) in [5.74, 6) is -0.285. The van der Waals surface area contributed by atoms with Gasteiger partial charge >= 0.3 is 0 Å². The van der Waals surface area contributed by atoms with Crippen LogP contribution in [0.4, 0.5) is 0 Å². The molecule has 84 valence electrons. The zero-order chi connectivity index (χ0) is 11.9. The average Bonchev–Trinajstić information content (AvgIpc) is 2.42. The van der Waals surface area contributed by atoms with Crippen LogP contribution in [0.25, 0.3) is 10.9 Å². The average molecular weight is 216 g/mol. The monoisotopic (exact) mass is 216 g/mol. The molecule has 1 amide bonds. The van der Waals surface area contributed by atoms with Crippen molar-refractivity contribution in [2.75, 3.05) is 0 Å². The Bertz CT molecular complexity index is 567. The highest BCUT2D eigenvalue weighted by molar-refractivity contribution is 5.91. The van der Waals surface area contributed by atoms with Gasteiger partial charge in [-0.2, -0.15) is 0 Å². The summed E-state index contributed by atoms with van der Waals surface area (Å²) >= 11 is 0. The number of hydrogen-bond acceptors (Lipinski definition) is 1. The van der Waals surface area contributed by atoms with Gasteiger partial charge in [-0.05, 0) is 36.6 Å². The number of aromatic nitrogens is 1. The second-order valence-electron chi connectivity index (χ2n) is 4.38. The molecule has 2 rings (SSSR count). The molecular formula is C13H16N2O. The number of amides is 1. The molecule has 2 N–H and O–H groups in total. The SMILES string of the molecule is Cc1cc(C)c2c(CC(N)=O)cn(C)c2c1. The summed E-state index contributed by atoms with van der Waals surface area (Å²) < 4.78 is 2.05. The van der Waals surface area contributed by atoms with E-state index in [4.69, 9.17) is 5.73 Å². The summed E-state index contributed by atoms with van der Waals surface area (Å²) in [6.07, 6.45) is 2.29. The first kappa shape index (κ1) is 10.7. The Kier molecular flexibility index (Phi) is 2.46. The minimum Gasteiger partial charge on any atom is -0.369 e. The molecule has 0 aliphatic heterocycles. The quantitative estimate of drug-likeness (QED) is 0.817. The van der Waals surface area contributed by atoms with Crippen LogP contribution in [0.15, 0.2) is 18.3 Å². The van der Waals surface area contributed by atoms with Crippen molar-refractivity contribution in [3.8, 4) is 0 Å². The van der Waals surface area contributed by atoms with Crippen molar-refractivity contribution in [2.45, 2.75) is 20.3 Å². The van der Waals surface area contributed by atoms with Crippen LogP contribution < -0.4 is 5.73 Å². The molecule has 2 aromatic rings. The summed E-state index contributed by atoms with van der Waals surface area (Å²) in [7, 11) is 1.99. The highest BCUT2D eigenvalue weighted by Crippen LogP contribution is 2.26. The highest BCUT2D eigenvalue weighted by Gasteiger charge is 2.11. The first-order valence-corrected chi connectivity index (χ1v) is 5.32. The summed E-state index contributed by atoms with van der Waals surface area (Å²) in [5.41, 5.74) is 9.87. The van der Waals surface area contributed by atoms with Gasteiger partial charge in [-0.15, -0.1) is 0 Å². The largest absolute Gasteiger partial charge is 0.369 e. The maximum absolute atomic E-state index is 11.0. The van der Waals surface area contributed by atoms with E-state index >= 15 is 0 Å². The van der Waals surface area contributed by atoms with Crippen molar-refractivity contribution < 1.29 is 4.79 Å². The Labute approximate surface area is 94.9 Å². The van der Waals surface area contributed by atoms with Gasteiger partial charge < -0.3 is 10.3 Å². The third-order valence-corrected chi connectivity index (χ3v) is 2.87.